The van der Waals surface area contributed by atoms with Crippen molar-refractivity contribution in [1.82, 2.24) is 14.9 Å². The number of amides is 1. The largest absolute Gasteiger partial charge is 0.381 e. The monoisotopic (exact) mass is 254 g/mol. The molecular formula is C10H14N4O2S. The Labute approximate surface area is 104 Å². The van der Waals surface area contributed by atoms with E-state index in [0.29, 0.717) is 42.9 Å². The van der Waals surface area contributed by atoms with Crippen molar-refractivity contribution in [1.29, 1.82) is 0 Å². The van der Waals surface area contributed by atoms with Gasteiger partial charge in [0.25, 0.3) is 0 Å². The molecule has 1 aromatic rings. The SMILES string of the molecule is Nc1nccnc1SCC(=O)N1CCOCC1. The number of nitrogens with two attached hydrogens (primary N) is 1. The summed E-state index contributed by atoms with van der Waals surface area (Å²) in [7, 11) is 0. The third-order valence-electron chi connectivity index (χ3n) is 2.39. The maximum atomic E-state index is 11.8. The van der Waals surface area contributed by atoms with Crippen LogP contribution in [0.1, 0.15) is 0 Å². The summed E-state index contributed by atoms with van der Waals surface area (Å²) < 4.78 is 5.19. The summed E-state index contributed by atoms with van der Waals surface area (Å²) in [6.07, 6.45) is 3.10. The molecule has 1 aliphatic rings. The highest BCUT2D eigenvalue weighted by Gasteiger charge is 2.17. The van der Waals surface area contributed by atoms with Gasteiger partial charge in [-0.3, -0.25) is 4.79 Å². The first-order valence-corrected chi connectivity index (χ1v) is 6.31. The van der Waals surface area contributed by atoms with E-state index in [4.69, 9.17) is 10.5 Å². The maximum Gasteiger partial charge on any atom is 0.233 e. The van der Waals surface area contributed by atoms with E-state index in [9.17, 15) is 4.79 Å². The van der Waals surface area contributed by atoms with Gasteiger partial charge < -0.3 is 15.4 Å². The van der Waals surface area contributed by atoms with Crippen molar-refractivity contribution in [2.24, 2.45) is 0 Å². The Kier molecular flexibility index (Phi) is 4.16. The number of carbonyl (C=O) groups is 1. The third-order valence-corrected chi connectivity index (χ3v) is 3.37. The van der Waals surface area contributed by atoms with Crippen molar-refractivity contribution in [3.63, 3.8) is 0 Å². The molecule has 2 heterocycles. The first-order valence-electron chi connectivity index (χ1n) is 5.32. The Bertz CT molecular complexity index is 396. The van der Waals surface area contributed by atoms with Crippen LogP contribution in [-0.4, -0.2) is 52.8 Å². The fourth-order valence-corrected chi connectivity index (χ4v) is 2.26. The van der Waals surface area contributed by atoms with Crippen molar-refractivity contribution in [2.75, 3.05) is 37.8 Å². The highest BCUT2D eigenvalue weighted by Crippen LogP contribution is 2.20. The summed E-state index contributed by atoms with van der Waals surface area (Å²) in [5, 5.41) is 0.606. The second kappa shape index (κ2) is 5.83. The lowest BCUT2D eigenvalue weighted by molar-refractivity contribution is -0.132. The fourth-order valence-electron chi connectivity index (χ4n) is 1.48. The lowest BCUT2D eigenvalue weighted by Crippen LogP contribution is -2.41. The van der Waals surface area contributed by atoms with Gasteiger partial charge in [-0.15, -0.1) is 0 Å². The Hall–Kier alpha value is -1.34. The molecule has 0 spiro atoms. The van der Waals surface area contributed by atoms with E-state index in [1.807, 2.05) is 0 Å². The van der Waals surface area contributed by atoms with Gasteiger partial charge in [0.05, 0.1) is 19.0 Å². The van der Waals surface area contributed by atoms with Gasteiger partial charge in [0, 0.05) is 25.5 Å². The Morgan fingerprint density at radius 1 is 1.41 bits per heavy atom. The molecule has 0 aromatic carbocycles. The van der Waals surface area contributed by atoms with Crippen LogP contribution in [-0.2, 0) is 9.53 Å². The number of hydrogen-bond donors (Lipinski definition) is 1. The average Bonchev–Trinajstić information content (AvgIpc) is 2.38. The number of nitrogens with zero attached hydrogens (tertiary/aromatic N) is 3. The molecule has 1 aromatic heterocycles. The molecule has 0 bridgehead atoms. The Morgan fingerprint density at radius 3 is 2.82 bits per heavy atom. The van der Waals surface area contributed by atoms with Gasteiger partial charge in [0.15, 0.2) is 5.82 Å². The van der Waals surface area contributed by atoms with Crippen LogP contribution >= 0.6 is 11.8 Å². The lowest BCUT2D eigenvalue weighted by atomic mass is 10.4. The topological polar surface area (TPSA) is 81.3 Å². The summed E-state index contributed by atoms with van der Waals surface area (Å²) in [6.45, 7) is 2.55. The molecule has 92 valence electrons. The minimum absolute atomic E-state index is 0.0864. The van der Waals surface area contributed by atoms with E-state index in [0.717, 1.165) is 0 Å². The van der Waals surface area contributed by atoms with Crippen molar-refractivity contribution in [3.05, 3.63) is 12.4 Å². The number of anilines is 1. The number of hydrogen-bond acceptors (Lipinski definition) is 6. The van der Waals surface area contributed by atoms with Gasteiger partial charge in [-0.05, 0) is 0 Å². The first kappa shape index (κ1) is 12.1. The second-order valence-electron chi connectivity index (χ2n) is 3.53. The third kappa shape index (κ3) is 3.31. The molecule has 0 saturated carbocycles. The predicted molar refractivity (Wildman–Crippen MR) is 64.6 cm³/mol. The van der Waals surface area contributed by atoms with Crippen LogP contribution in [0.3, 0.4) is 0 Å². The van der Waals surface area contributed by atoms with E-state index in [1.54, 1.807) is 11.1 Å². The van der Waals surface area contributed by atoms with Crippen molar-refractivity contribution in [2.45, 2.75) is 5.03 Å². The zero-order valence-corrected chi connectivity index (χ0v) is 10.2. The molecular weight excluding hydrogens is 240 g/mol. The fraction of sp³-hybridized carbons (Fsp3) is 0.500. The number of morpholine rings is 1. The number of aromatic nitrogens is 2. The maximum absolute atomic E-state index is 11.8. The van der Waals surface area contributed by atoms with Gasteiger partial charge in [-0.1, -0.05) is 11.8 Å². The zero-order chi connectivity index (χ0) is 12.1. The molecule has 0 aliphatic carbocycles. The molecule has 2 N–H and O–H groups in total. The summed E-state index contributed by atoms with van der Waals surface area (Å²) >= 11 is 1.32. The summed E-state index contributed by atoms with van der Waals surface area (Å²) in [5.41, 5.74) is 5.65. The van der Waals surface area contributed by atoms with Crippen molar-refractivity contribution < 1.29 is 9.53 Å². The quantitative estimate of drug-likeness (QED) is 0.765. The molecule has 1 amide bonds. The molecule has 6 nitrogen and oxygen atoms in total. The second-order valence-corrected chi connectivity index (χ2v) is 4.49. The molecule has 7 heteroatoms. The number of ether oxygens (including phenoxy) is 1. The molecule has 17 heavy (non-hydrogen) atoms. The molecule has 0 atom stereocenters. The molecule has 0 radical (unpaired) electrons. The molecule has 0 unspecified atom stereocenters. The summed E-state index contributed by atoms with van der Waals surface area (Å²) in [6, 6.07) is 0. The molecule has 2 rings (SSSR count). The highest BCUT2D eigenvalue weighted by molar-refractivity contribution is 8.00. The van der Waals surface area contributed by atoms with Crippen LogP contribution in [0.4, 0.5) is 5.82 Å². The molecule has 1 saturated heterocycles. The highest BCUT2D eigenvalue weighted by atomic mass is 32.2. The minimum Gasteiger partial charge on any atom is -0.381 e. The van der Waals surface area contributed by atoms with E-state index in [-0.39, 0.29) is 5.91 Å². The number of rotatable bonds is 3. The van der Waals surface area contributed by atoms with E-state index < -0.39 is 0 Å². The summed E-state index contributed by atoms with van der Waals surface area (Å²) in [5.74, 6) is 0.790. The van der Waals surface area contributed by atoms with Gasteiger partial charge in [-0.25, -0.2) is 9.97 Å². The van der Waals surface area contributed by atoms with Gasteiger partial charge in [-0.2, -0.15) is 0 Å². The smallest absolute Gasteiger partial charge is 0.233 e. The van der Waals surface area contributed by atoms with Crippen LogP contribution in [0, 0.1) is 0 Å². The van der Waals surface area contributed by atoms with Gasteiger partial charge >= 0.3 is 0 Å². The van der Waals surface area contributed by atoms with E-state index in [2.05, 4.69) is 9.97 Å². The van der Waals surface area contributed by atoms with Crippen LogP contribution in [0.5, 0.6) is 0 Å². The lowest BCUT2D eigenvalue weighted by Gasteiger charge is -2.26. The normalized spacial score (nSPS) is 15.9. The molecule has 1 aliphatic heterocycles. The van der Waals surface area contributed by atoms with Crippen LogP contribution < -0.4 is 5.73 Å². The Balaban J connectivity index is 1.85. The van der Waals surface area contributed by atoms with E-state index in [1.165, 1.54) is 18.0 Å². The average molecular weight is 254 g/mol. The number of nitrogen functional groups attached to an aromatic ring is 1. The van der Waals surface area contributed by atoms with Crippen LogP contribution in [0.25, 0.3) is 0 Å². The first-order chi connectivity index (χ1) is 8.27. The van der Waals surface area contributed by atoms with Crippen molar-refractivity contribution >= 4 is 23.5 Å². The standard InChI is InChI=1S/C10H14N4O2S/c11-9-10(13-2-1-12-9)17-7-8(15)14-3-5-16-6-4-14/h1-2H,3-7H2,(H2,11,12). The van der Waals surface area contributed by atoms with Gasteiger partial charge in [0.2, 0.25) is 5.91 Å². The predicted octanol–water partition coefficient (Wildman–Crippen LogP) is 0.00970. The zero-order valence-electron chi connectivity index (χ0n) is 9.33. The minimum atomic E-state index is 0.0864. The molecule has 1 fully saturated rings. The summed E-state index contributed by atoms with van der Waals surface area (Å²) in [4.78, 5) is 21.6. The van der Waals surface area contributed by atoms with Gasteiger partial charge in [0.1, 0.15) is 5.03 Å². The van der Waals surface area contributed by atoms with Crippen LogP contribution in [0.15, 0.2) is 17.4 Å². The number of carbonyl (C=O) groups excluding carboxylic acids is 1. The number of thioether (sulfide) groups is 1. The Morgan fingerprint density at radius 2 is 2.12 bits per heavy atom. The van der Waals surface area contributed by atoms with Crippen LogP contribution in [0.2, 0.25) is 0 Å². The van der Waals surface area contributed by atoms with Crippen molar-refractivity contribution in [3.8, 4) is 0 Å². The van der Waals surface area contributed by atoms with E-state index >= 15 is 0 Å².